The standard InChI is InChI=1S/C20H18Cl2N4O3S/c1-12-3-4-14(9-19(12)22)26-30(28,29)16-5-6-18(21)17(10-16)20(27)24-11-15-7-8-23-13(2)25-15/h3-10,26H,11H2,1-2H3,(H,24,27). The first-order valence-corrected chi connectivity index (χ1v) is 11.0. The maximum Gasteiger partial charge on any atom is 0.261 e. The summed E-state index contributed by atoms with van der Waals surface area (Å²) in [7, 11) is -3.96. The van der Waals surface area contributed by atoms with E-state index < -0.39 is 15.9 Å². The average molecular weight is 465 g/mol. The Morgan fingerprint density at radius 1 is 1.03 bits per heavy atom. The van der Waals surface area contributed by atoms with Crippen LogP contribution in [-0.2, 0) is 16.6 Å². The van der Waals surface area contributed by atoms with Crippen LogP contribution in [0.5, 0.6) is 0 Å². The molecule has 1 heterocycles. The van der Waals surface area contributed by atoms with E-state index >= 15 is 0 Å². The van der Waals surface area contributed by atoms with E-state index in [1.165, 1.54) is 24.3 Å². The van der Waals surface area contributed by atoms with Crippen LogP contribution in [-0.4, -0.2) is 24.3 Å². The average Bonchev–Trinajstić information content (AvgIpc) is 2.69. The number of carbonyl (C=O) groups excluding carboxylic acids is 1. The molecule has 3 rings (SSSR count). The topological polar surface area (TPSA) is 101 Å². The Morgan fingerprint density at radius 3 is 2.50 bits per heavy atom. The van der Waals surface area contributed by atoms with Crippen LogP contribution >= 0.6 is 23.2 Å². The maximum atomic E-state index is 12.8. The maximum absolute atomic E-state index is 12.8. The van der Waals surface area contributed by atoms with Crippen LogP contribution in [0, 0.1) is 13.8 Å². The molecule has 0 saturated carbocycles. The fraction of sp³-hybridized carbons (Fsp3) is 0.150. The lowest BCUT2D eigenvalue weighted by Gasteiger charge is -2.12. The van der Waals surface area contributed by atoms with Crippen molar-refractivity contribution in [3.8, 4) is 0 Å². The molecule has 0 spiro atoms. The first kappa shape index (κ1) is 22.0. The van der Waals surface area contributed by atoms with Crippen LogP contribution in [0.15, 0.2) is 53.6 Å². The molecule has 10 heteroatoms. The fourth-order valence-electron chi connectivity index (χ4n) is 2.59. The fourth-order valence-corrected chi connectivity index (χ4v) is 4.04. The smallest absolute Gasteiger partial charge is 0.261 e. The van der Waals surface area contributed by atoms with E-state index in [2.05, 4.69) is 20.0 Å². The molecule has 1 amide bonds. The van der Waals surface area contributed by atoms with E-state index in [1.54, 1.807) is 31.3 Å². The summed E-state index contributed by atoms with van der Waals surface area (Å²) in [6, 6.07) is 10.4. The van der Waals surface area contributed by atoms with Crippen molar-refractivity contribution in [3.63, 3.8) is 0 Å². The normalized spacial score (nSPS) is 11.2. The van der Waals surface area contributed by atoms with Gasteiger partial charge in [0.1, 0.15) is 5.82 Å². The predicted molar refractivity (Wildman–Crippen MR) is 116 cm³/mol. The van der Waals surface area contributed by atoms with E-state index in [-0.39, 0.29) is 22.0 Å². The van der Waals surface area contributed by atoms with Gasteiger partial charge in [-0.25, -0.2) is 18.4 Å². The third-order valence-corrected chi connectivity index (χ3v) is 6.30. The predicted octanol–water partition coefficient (Wildman–Crippen LogP) is 4.13. The van der Waals surface area contributed by atoms with E-state index in [4.69, 9.17) is 23.2 Å². The van der Waals surface area contributed by atoms with Gasteiger partial charge in [-0.3, -0.25) is 9.52 Å². The first-order valence-electron chi connectivity index (χ1n) is 8.81. The summed E-state index contributed by atoms with van der Waals surface area (Å²) < 4.78 is 28.0. The molecule has 156 valence electrons. The highest BCUT2D eigenvalue weighted by molar-refractivity contribution is 7.92. The SMILES string of the molecule is Cc1nccc(CNC(=O)c2cc(S(=O)(=O)Nc3ccc(C)c(Cl)c3)ccc2Cl)n1. The summed E-state index contributed by atoms with van der Waals surface area (Å²) in [5.41, 5.74) is 1.79. The Morgan fingerprint density at radius 2 is 1.80 bits per heavy atom. The molecule has 0 aliphatic rings. The number of aromatic nitrogens is 2. The molecule has 0 aliphatic heterocycles. The third-order valence-electron chi connectivity index (χ3n) is 4.18. The molecule has 0 bridgehead atoms. The molecule has 1 aromatic heterocycles. The lowest BCUT2D eigenvalue weighted by molar-refractivity contribution is 0.0950. The summed E-state index contributed by atoms with van der Waals surface area (Å²) in [5, 5.41) is 3.24. The molecule has 0 aliphatic carbocycles. The van der Waals surface area contributed by atoms with Gasteiger partial charge in [0.25, 0.3) is 15.9 Å². The number of rotatable bonds is 6. The van der Waals surface area contributed by atoms with Crippen molar-refractivity contribution in [2.24, 2.45) is 0 Å². The van der Waals surface area contributed by atoms with Crippen LogP contribution in [0.3, 0.4) is 0 Å². The summed E-state index contributed by atoms with van der Waals surface area (Å²) >= 11 is 12.2. The molecule has 2 aromatic carbocycles. The number of sulfonamides is 1. The van der Waals surface area contributed by atoms with Crippen LogP contribution in [0.1, 0.15) is 27.4 Å². The van der Waals surface area contributed by atoms with Gasteiger partial charge in [-0.15, -0.1) is 0 Å². The molecular weight excluding hydrogens is 447 g/mol. The van der Waals surface area contributed by atoms with Gasteiger partial charge >= 0.3 is 0 Å². The number of hydrogen-bond acceptors (Lipinski definition) is 5. The number of amides is 1. The zero-order valence-corrected chi connectivity index (χ0v) is 18.4. The van der Waals surface area contributed by atoms with Crippen molar-refractivity contribution in [1.29, 1.82) is 0 Å². The van der Waals surface area contributed by atoms with Crippen molar-refractivity contribution in [3.05, 3.63) is 81.4 Å². The lowest BCUT2D eigenvalue weighted by atomic mass is 10.2. The minimum atomic E-state index is -3.96. The van der Waals surface area contributed by atoms with Crippen molar-refractivity contribution in [2.75, 3.05) is 4.72 Å². The zero-order chi connectivity index (χ0) is 21.9. The van der Waals surface area contributed by atoms with Gasteiger partial charge in [0, 0.05) is 11.2 Å². The van der Waals surface area contributed by atoms with Crippen molar-refractivity contribution >= 4 is 44.8 Å². The molecule has 0 saturated heterocycles. The van der Waals surface area contributed by atoms with E-state index in [1.807, 2.05) is 6.92 Å². The second kappa shape index (κ2) is 8.99. The Kier molecular flexibility index (Phi) is 6.60. The molecule has 30 heavy (non-hydrogen) atoms. The summed E-state index contributed by atoms with van der Waals surface area (Å²) in [4.78, 5) is 20.7. The lowest BCUT2D eigenvalue weighted by Crippen LogP contribution is -2.24. The Hall–Kier alpha value is -2.68. The number of halogens is 2. The largest absolute Gasteiger partial charge is 0.346 e. The van der Waals surface area contributed by atoms with Crippen molar-refractivity contribution < 1.29 is 13.2 Å². The Balaban J connectivity index is 1.80. The minimum Gasteiger partial charge on any atom is -0.346 e. The van der Waals surface area contributed by atoms with Gasteiger partial charge in [0.05, 0.1) is 33.4 Å². The molecule has 3 aromatic rings. The first-order chi connectivity index (χ1) is 14.2. The number of benzene rings is 2. The molecular formula is C20H18Cl2N4O3S. The molecule has 0 radical (unpaired) electrons. The van der Waals surface area contributed by atoms with Gasteiger partial charge in [0.15, 0.2) is 0 Å². The van der Waals surface area contributed by atoms with Crippen LogP contribution in [0.25, 0.3) is 0 Å². The van der Waals surface area contributed by atoms with Gasteiger partial charge in [-0.1, -0.05) is 29.3 Å². The van der Waals surface area contributed by atoms with Gasteiger partial charge < -0.3 is 5.32 Å². The number of hydrogen-bond donors (Lipinski definition) is 2. The van der Waals surface area contributed by atoms with E-state index in [0.29, 0.717) is 22.2 Å². The van der Waals surface area contributed by atoms with Crippen LogP contribution < -0.4 is 10.0 Å². The minimum absolute atomic E-state index is 0.0345. The quantitative estimate of drug-likeness (QED) is 0.570. The zero-order valence-electron chi connectivity index (χ0n) is 16.1. The van der Waals surface area contributed by atoms with Crippen LogP contribution in [0.4, 0.5) is 5.69 Å². The number of carbonyl (C=O) groups is 1. The number of nitrogens with zero attached hydrogens (tertiary/aromatic N) is 2. The molecule has 0 atom stereocenters. The van der Waals surface area contributed by atoms with E-state index in [9.17, 15) is 13.2 Å². The molecule has 2 N–H and O–H groups in total. The highest BCUT2D eigenvalue weighted by Crippen LogP contribution is 2.25. The third kappa shape index (κ3) is 5.27. The molecule has 7 nitrogen and oxygen atoms in total. The summed E-state index contributed by atoms with van der Waals surface area (Å²) in [6.07, 6.45) is 1.59. The van der Waals surface area contributed by atoms with Crippen molar-refractivity contribution in [1.82, 2.24) is 15.3 Å². The van der Waals surface area contributed by atoms with Crippen molar-refractivity contribution in [2.45, 2.75) is 25.3 Å². The monoisotopic (exact) mass is 464 g/mol. The highest BCUT2D eigenvalue weighted by Gasteiger charge is 2.19. The van der Waals surface area contributed by atoms with Gasteiger partial charge in [-0.2, -0.15) is 0 Å². The van der Waals surface area contributed by atoms with E-state index in [0.717, 1.165) is 5.56 Å². The number of nitrogens with one attached hydrogen (secondary N) is 2. The Bertz CT molecular complexity index is 1220. The van der Waals surface area contributed by atoms with Crippen LogP contribution in [0.2, 0.25) is 10.0 Å². The summed E-state index contributed by atoms with van der Waals surface area (Å²) in [6.45, 7) is 3.70. The van der Waals surface area contributed by atoms with Gasteiger partial charge in [-0.05, 0) is 55.8 Å². The molecule has 0 unspecified atom stereocenters. The number of aryl methyl sites for hydroxylation is 2. The molecule has 0 fully saturated rings. The summed E-state index contributed by atoms with van der Waals surface area (Å²) in [5.74, 6) is 0.0573. The Labute approximate surface area is 184 Å². The second-order valence-electron chi connectivity index (χ2n) is 6.49. The second-order valence-corrected chi connectivity index (χ2v) is 8.99. The highest BCUT2D eigenvalue weighted by atomic mass is 35.5. The number of anilines is 1. The van der Waals surface area contributed by atoms with Gasteiger partial charge in [0.2, 0.25) is 0 Å².